The number of amides is 3. The molecule has 0 saturated carbocycles. The highest BCUT2D eigenvalue weighted by molar-refractivity contribution is 7.98. The lowest BCUT2D eigenvalue weighted by atomic mass is 9.77. The molecule has 2 fully saturated rings. The SMILES string of the molecule is CSc1ccc(NC(=O)N2CCC3(CC2)[C@@H](C(=O)O)CC(=O)N3C)cc1. The van der Waals surface area contributed by atoms with Crippen LogP contribution in [0.4, 0.5) is 10.5 Å². The van der Waals surface area contributed by atoms with Crippen LogP contribution in [0.15, 0.2) is 29.2 Å². The topological polar surface area (TPSA) is 90.0 Å². The highest BCUT2D eigenvalue weighted by Gasteiger charge is 2.55. The second-order valence-corrected chi connectivity index (χ2v) is 7.68. The summed E-state index contributed by atoms with van der Waals surface area (Å²) in [7, 11) is 1.67. The maximum atomic E-state index is 12.5. The van der Waals surface area contributed by atoms with Gasteiger partial charge in [0.2, 0.25) is 5.91 Å². The van der Waals surface area contributed by atoms with Crippen LogP contribution < -0.4 is 5.32 Å². The number of thioether (sulfide) groups is 1. The second-order valence-electron chi connectivity index (χ2n) is 6.80. The summed E-state index contributed by atoms with van der Waals surface area (Å²) in [5.41, 5.74) is 0.0457. The number of benzene rings is 1. The molecule has 2 aliphatic heterocycles. The fourth-order valence-corrected chi connectivity index (χ4v) is 4.37. The Kier molecular flexibility index (Phi) is 5.13. The molecule has 26 heavy (non-hydrogen) atoms. The van der Waals surface area contributed by atoms with E-state index in [2.05, 4.69) is 5.32 Å². The lowest BCUT2D eigenvalue weighted by Gasteiger charge is -2.45. The molecule has 8 heteroatoms. The van der Waals surface area contributed by atoms with E-state index in [4.69, 9.17) is 0 Å². The van der Waals surface area contributed by atoms with Crippen molar-refractivity contribution in [1.82, 2.24) is 9.80 Å². The van der Waals surface area contributed by atoms with Crippen molar-refractivity contribution in [2.24, 2.45) is 5.92 Å². The average molecular weight is 377 g/mol. The first-order valence-corrected chi connectivity index (χ1v) is 9.79. The minimum atomic E-state index is -0.936. The standard InChI is InChI=1S/C18H23N3O4S/c1-20-15(22)11-14(16(23)24)18(20)7-9-21(10-8-18)17(25)19-12-3-5-13(26-2)6-4-12/h3-6,14H,7-11H2,1-2H3,(H,19,25)(H,23,24)/t14-/m1/s1. The van der Waals surface area contributed by atoms with Gasteiger partial charge in [-0.05, 0) is 43.4 Å². The summed E-state index contributed by atoms with van der Waals surface area (Å²) in [4.78, 5) is 40.5. The van der Waals surface area contributed by atoms with Crippen LogP contribution in [0, 0.1) is 5.92 Å². The van der Waals surface area contributed by atoms with Crippen LogP contribution in [0.1, 0.15) is 19.3 Å². The maximum absolute atomic E-state index is 12.5. The number of carboxylic acids is 1. The van der Waals surface area contributed by atoms with Gasteiger partial charge in [0, 0.05) is 37.1 Å². The van der Waals surface area contributed by atoms with Crippen LogP contribution in [-0.4, -0.2) is 64.7 Å². The van der Waals surface area contributed by atoms with Gasteiger partial charge in [0.05, 0.1) is 11.5 Å². The van der Waals surface area contributed by atoms with Crippen molar-refractivity contribution in [2.75, 3.05) is 31.7 Å². The minimum Gasteiger partial charge on any atom is -0.481 e. The van der Waals surface area contributed by atoms with Gasteiger partial charge >= 0.3 is 12.0 Å². The Morgan fingerprint density at radius 1 is 1.23 bits per heavy atom. The molecule has 7 nitrogen and oxygen atoms in total. The Labute approximate surface area is 156 Å². The fraction of sp³-hybridized carbons (Fsp3) is 0.500. The third-order valence-electron chi connectivity index (χ3n) is 5.63. The number of nitrogens with zero attached hydrogens (tertiary/aromatic N) is 2. The normalized spacial score (nSPS) is 21.9. The number of rotatable bonds is 3. The Morgan fingerprint density at radius 2 is 1.85 bits per heavy atom. The van der Waals surface area contributed by atoms with Crippen molar-refractivity contribution in [2.45, 2.75) is 29.7 Å². The van der Waals surface area contributed by atoms with Crippen LogP contribution in [0.25, 0.3) is 0 Å². The largest absolute Gasteiger partial charge is 0.481 e. The molecule has 0 aromatic heterocycles. The lowest BCUT2D eigenvalue weighted by Crippen LogP contribution is -2.57. The van der Waals surface area contributed by atoms with Gasteiger partial charge in [0.25, 0.3) is 0 Å². The number of aliphatic carboxylic acids is 1. The van der Waals surface area contributed by atoms with E-state index in [0.717, 1.165) is 10.6 Å². The second kappa shape index (κ2) is 7.19. The van der Waals surface area contributed by atoms with Crippen molar-refractivity contribution in [3.8, 4) is 0 Å². The lowest BCUT2D eigenvalue weighted by molar-refractivity contribution is -0.145. The van der Waals surface area contributed by atoms with E-state index in [1.54, 1.807) is 28.6 Å². The van der Waals surface area contributed by atoms with E-state index in [1.807, 2.05) is 30.5 Å². The van der Waals surface area contributed by atoms with Crippen molar-refractivity contribution in [1.29, 1.82) is 0 Å². The van der Waals surface area contributed by atoms with E-state index in [1.165, 1.54) is 0 Å². The molecule has 0 aliphatic carbocycles. The van der Waals surface area contributed by atoms with Crippen molar-refractivity contribution in [3.05, 3.63) is 24.3 Å². The predicted molar refractivity (Wildman–Crippen MR) is 99.3 cm³/mol. The molecule has 3 amide bonds. The molecule has 2 heterocycles. The first-order valence-electron chi connectivity index (χ1n) is 8.57. The summed E-state index contributed by atoms with van der Waals surface area (Å²) in [6.07, 6.45) is 2.99. The number of nitrogens with one attached hydrogen (secondary N) is 1. The number of piperidine rings is 1. The smallest absolute Gasteiger partial charge is 0.321 e. The average Bonchev–Trinajstić information content (AvgIpc) is 2.88. The van der Waals surface area contributed by atoms with E-state index in [9.17, 15) is 19.5 Å². The number of likely N-dealkylation sites (tertiary alicyclic amines) is 2. The van der Waals surface area contributed by atoms with Gasteiger partial charge in [0.1, 0.15) is 0 Å². The van der Waals surface area contributed by atoms with E-state index >= 15 is 0 Å². The minimum absolute atomic E-state index is 0.0415. The fourth-order valence-electron chi connectivity index (χ4n) is 3.96. The first kappa shape index (κ1) is 18.6. The van der Waals surface area contributed by atoms with Gasteiger partial charge in [-0.2, -0.15) is 0 Å². The summed E-state index contributed by atoms with van der Waals surface area (Å²) in [6.45, 7) is 0.853. The molecule has 2 saturated heterocycles. The Bertz CT molecular complexity index is 714. The molecule has 0 radical (unpaired) electrons. The zero-order valence-corrected chi connectivity index (χ0v) is 15.7. The molecule has 2 aliphatic rings. The summed E-state index contributed by atoms with van der Waals surface area (Å²) in [5.74, 6) is -1.78. The molecule has 1 atom stereocenters. The highest BCUT2D eigenvalue weighted by Crippen LogP contribution is 2.42. The Morgan fingerprint density at radius 3 is 2.38 bits per heavy atom. The molecule has 2 N–H and O–H groups in total. The summed E-state index contributed by atoms with van der Waals surface area (Å²) < 4.78 is 0. The van der Waals surface area contributed by atoms with Crippen LogP contribution >= 0.6 is 11.8 Å². The van der Waals surface area contributed by atoms with E-state index in [-0.39, 0.29) is 18.4 Å². The van der Waals surface area contributed by atoms with Crippen LogP contribution in [0.5, 0.6) is 0 Å². The first-order chi connectivity index (χ1) is 12.4. The number of hydrogen-bond donors (Lipinski definition) is 2. The van der Waals surface area contributed by atoms with Gasteiger partial charge < -0.3 is 20.2 Å². The molecular formula is C18H23N3O4S. The maximum Gasteiger partial charge on any atom is 0.321 e. The predicted octanol–water partition coefficient (Wildman–Crippen LogP) is 2.34. The molecule has 140 valence electrons. The number of carbonyl (C=O) groups excluding carboxylic acids is 2. The van der Waals surface area contributed by atoms with Gasteiger partial charge in [-0.1, -0.05) is 0 Å². The highest BCUT2D eigenvalue weighted by atomic mass is 32.2. The molecule has 3 rings (SSSR count). The molecule has 1 spiro atoms. The molecule has 1 aromatic rings. The quantitative estimate of drug-likeness (QED) is 0.789. The van der Waals surface area contributed by atoms with Gasteiger partial charge in [0.15, 0.2) is 0 Å². The van der Waals surface area contributed by atoms with Gasteiger partial charge in [-0.15, -0.1) is 11.8 Å². The monoisotopic (exact) mass is 377 g/mol. The van der Waals surface area contributed by atoms with Crippen LogP contribution in [0.2, 0.25) is 0 Å². The van der Waals surface area contributed by atoms with Crippen molar-refractivity contribution in [3.63, 3.8) is 0 Å². The zero-order valence-electron chi connectivity index (χ0n) is 14.9. The zero-order chi connectivity index (χ0) is 18.9. The molecule has 0 unspecified atom stereocenters. The van der Waals surface area contributed by atoms with Crippen LogP contribution in [0.3, 0.4) is 0 Å². The Hall–Kier alpha value is -2.22. The molecule has 1 aromatic carbocycles. The molecule has 0 bridgehead atoms. The summed E-state index contributed by atoms with van der Waals surface area (Å²) in [5, 5.41) is 12.4. The number of carboxylic acid groups (broad SMARTS) is 1. The number of hydrogen-bond acceptors (Lipinski definition) is 4. The molecular weight excluding hydrogens is 354 g/mol. The van der Waals surface area contributed by atoms with Crippen molar-refractivity contribution < 1.29 is 19.5 Å². The van der Waals surface area contributed by atoms with Crippen LogP contribution in [-0.2, 0) is 9.59 Å². The van der Waals surface area contributed by atoms with Gasteiger partial charge in [-0.25, -0.2) is 4.79 Å². The van der Waals surface area contributed by atoms with E-state index in [0.29, 0.717) is 25.9 Å². The van der Waals surface area contributed by atoms with Crippen molar-refractivity contribution >= 4 is 35.4 Å². The summed E-state index contributed by atoms with van der Waals surface area (Å²) in [6, 6.07) is 7.41. The number of carbonyl (C=O) groups is 3. The summed E-state index contributed by atoms with van der Waals surface area (Å²) >= 11 is 1.63. The number of anilines is 1. The third-order valence-corrected chi connectivity index (χ3v) is 6.37. The van der Waals surface area contributed by atoms with Gasteiger partial charge in [-0.3, -0.25) is 9.59 Å². The number of urea groups is 1. The third kappa shape index (κ3) is 3.25. The van der Waals surface area contributed by atoms with E-state index < -0.39 is 17.4 Å². The Balaban J connectivity index is 1.64.